The van der Waals surface area contributed by atoms with E-state index in [0.29, 0.717) is 79.5 Å². The molecule has 2 saturated heterocycles. The van der Waals surface area contributed by atoms with Crippen LogP contribution >= 0.6 is 11.6 Å². The first-order valence-electron chi connectivity index (χ1n) is 12.3. The van der Waals surface area contributed by atoms with E-state index < -0.39 is 5.82 Å². The Bertz CT molecular complexity index is 1290. The van der Waals surface area contributed by atoms with E-state index in [9.17, 15) is 9.18 Å². The van der Waals surface area contributed by atoms with Gasteiger partial charge in [0.1, 0.15) is 24.1 Å². The SMILES string of the molecule is COc1cc2ncnc(Nc3ccc(F)c(Cl)c3)c2cc1OC1CCN(C(=O)N2CCOC(C)C2)CC1. The number of benzene rings is 2. The van der Waals surface area contributed by atoms with Crippen molar-refractivity contribution in [3.8, 4) is 11.5 Å². The Labute approximate surface area is 219 Å². The molecule has 0 saturated carbocycles. The van der Waals surface area contributed by atoms with Crippen LogP contribution in [0.4, 0.5) is 20.7 Å². The van der Waals surface area contributed by atoms with Crippen molar-refractivity contribution in [3.05, 3.63) is 47.5 Å². The van der Waals surface area contributed by atoms with Gasteiger partial charge in [-0.3, -0.25) is 0 Å². The van der Waals surface area contributed by atoms with Gasteiger partial charge in [-0.05, 0) is 31.2 Å². The zero-order chi connectivity index (χ0) is 25.9. The van der Waals surface area contributed by atoms with Crippen molar-refractivity contribution < 1.29 is 23.4 Å². The molecule has 2 aliphatic rings. The van der Waals surface area contributed by atoms with Crippen LogP contribution in [0.15, 0.2) is 36.7 Å². The first-order chi connectivity index (χ1) is 17.9. The van der Waals surface area contributed by atoms with Crippen molar-refractivity contribution in [1.29, 1.82) is 0 Å². The number of urea groups is 1. The molecule has 0 bridgehead atoms. The third-order valence-electron chi connectivity index (χ3n) is 6.62. The second kappa shape index (κ2) is 10.9. The van der Waals surface area contributed by atoms with Crippen LogP contribution in [0.3, 0.4) is 0 Å². The molecule has 3 heterocycles. The van der Waals surface area contributed by atoms with E-state index in [-0.39, 0.29) is 23.3 Å². The number of methoxy groups -OCH3 is 1. The second-order valence-electron chi connectivity index (χ2n) is 9.21. The summed E-state index contributed by atoms with van der Waals surface area (Å²) in [5.41, 5.74) is 1.26. The number of aromatic nitrogens is 2. The number of ether oxygens (including phenoxy) is 3. The molecule has 0 radical (unpaired) electrons. The molecule has 1 aromatic heterocycles. The first kappa shape index (κ1) is 25.3. The standard InChI is InChI=1S/C26H29ClFN5O4/c1-16-14-33(9-10-36-16)26(34)32-7-5-18(6-8-32)37-24-12-19-22(13-23(24)35-2)29-15-30-25(19)31-17-3-4-21(28)20(27)11-17/h3-4,11-13,15-16,18H,5-10,14H2,1-2H3,(H,29,30,31). The number of rotatable bonds is 5. The summed E-state index contributed by atoms with van der Waals surface area (Å²) in [7, 11) is 1.58. The zero-order valence-corrected chi connectivity index (χ0v) is 21.5. The van der Waals surface area contributed by atoms with Crippen LogP contribution in [0.2, 0.25) is 5.02 Å². The Morgan fingerprint density at radius 1 is 1.14 bits per heavy atom. The number of halogens is 2. The molecule has 37 heavy (non-hydrogen) atoms. The van der Waals surface area contributed by atoms with E-state index >= 15 is 0 Å². The van der Waals surface area contributed by atoms with E-state index in [1.165, 1.54) is 18.5 Å². The van der Waals surface area contributed by atoms with E-state index in [2.05, 4.69) is 15.3 Å². The fourth-order valence-corrected chi connectivity index (χ4v) is 4.84. The number of nitrogens with one attached hydrogen (secondary N) is 1. The summed E-state index contributed by atoms with van der Waals surface area (Å²) < 4.78 is 31.1. The number of morpholine rings is 1. The molecule has 2 aliphatic heterocycles. The normalized spacial score (nSPS) is 18.6. The predicted molar refractivity (Wildman–Crippen MR) is 138 cm³/mol. The molecule has 1 unspecified atom stereocenters. The maximum atomic E-state index is 13.6. The highest BCUT2D eigenvalue weighted by Gasteiger charge is 2.30. The van der Waals surface area contributed by atoms with Crippen LogP contribution in [0.5, 0.6) is 11.5 Å². The average molecular weight is 530 g/mol. The first-order valence-corrected chi connectivity index (χ1v) is 12.7. The molecule has 0 spiro atoms. The van der Waals surface area contributed by atoms with Crippen molar-refractivity contribution in [3.63, 3.8) is 0 Å². The molecule has 1 atom stereocenters. The van der Waals surface area contributed by atoms with Gasteiger partial charge in [-0.25, -0.2) is 19.2 Å². The van der Waals surface area contributed by atoms with Crippen LogP contribution in [0.25, 0.3) is 10.9 Å². The van der Waals surface area contributed by atoms with Gasteiger partial charge in [-0.15, -0.1) is 0 Å². The van der Waals surface area contributed by atoms with Gasteiger partial charge < -0.3 is 29.3 Å². The minimum atomic E-state index is -0.493. The summed E-state index contributed by atoms with van der Waals surface area (Å²) in [6.07, 6.45) is 2.84. The lowest BCUT2D eigenvalue weighted by atomic mass is 10.1. The lowest BCUT2D eigenvalue weighted by Crippen LogP contribution is -2.52. The smallest absolute Gasteiger partial charge is 0.320 e. The Kier molecular flexibility index (Phi) is 7.48. The summed E-state index contributed by atoms with van der Waals surface area (Å²) in [5.74, 6) is 1.16. The van der Waals surface area contributed by atoms with Crippen molar-refractivity contribution in [2.45, 2.75) is 32.0 Å². The monoisotopic (exact) mass is 529 g/mol. The highest BCUT2D eigenvalue weighted by Crippen LogP contribution is 2.36. The van der Waals surface area contributed by atoms with Crippen LogP contribution in [0.1, 0.15) is 19.8 Å². The van der Waals surface area contributed by atoms with Crippen molar-refractivity contribution in [1.82, 2.24) is 19.8 Å². The number of fused-ring (bicyclic) bond motifs is 1. The molecule has 196 valence electrons. The van der Waals surface area contributed by atoms with Crippen molar-refractivity contribution in [2.24, 2.45) is 0 Å². The molecular formula is C26H29ClFN5O4. The number of likely N-dealkylation sites (tertiary alicyclic amines) is 1. The molecule has 2 amide bonds. The maximum Gasteiger partial charge on any atom is 0.320 e. The van der Waals surface area contributed by atoms with E-state index in [4.69, 9.17) is 25.8 Å². The summed E-state index contributed by atoms with van der Waals surface area (Å²) in [6, 6.07) is 8.08. The zero-order valence-electron chi connectivity index (χ0n) is 20.7. The van der Waals surface area contributed by atoms with Gasteiger partial charge in [-0.1, -0.05) is 11.6 Å². The number of hydrogen-bond donors (Lipinski definition) is 1. The summed E-state index contributed by atoms with van der Waals surface area (Å²) in [5, 5.41) is 3.91. The predicted octanol–water partition coefficient (Wildman–Crippen LogP) is 4.86. The molecule has 2 fully saturated rings. The fraction of sp³-hybridized carbons (Fsp3) is 0.423. The number of nitrogens with zero attached hydrogens (tertiary/aromatic N) is 4. The summed E-state index contributed by atoms with van der Waals surface area (Å²) in [4.78, 5) is 25.4. The number of anilines is 2. The Hall–Kier alpha value is -3.37. The molecular weight excluding hydrogens is 501 g/mol. The Morgan fingerprint density at radius 2 is 1.95 bits per heavy atom. The van der Waals surface area contributed by atoms with Crippen LogP contribution in [-0.4, -0.2) is 77.9 Å². The number of carbonyl (C=O) groups is 1. The minimum absolute atomic E-state index is 0.0157. The van der Waals surface area contributed by atoms with Gasteiger partial charge in [0.25, 0.3) is 0 Å². The quantitative estimate of drug-likeness (QED) is 0.505. The van der Waals surface area contributed by atoms with E-state index in [0.717, 1.165) is 0 Å². The molecule has 11 heteroatoms. The number of carbonyl (C=O) groups excluding carboxylic acids is 1. The number of amides is 2. The molecule has 1 N–H and O–H groups in total. The van der Waals surface area contributed by atoms with Crippen LogP contribution in [-0.2, 0) is 4.74 Å². The van der Waals surface area contributed by atoms with Gasteiger partial charge in [-0.2, -0.15) is 0 Å². The van der Waals surface area contributed by atoms with E-state index in [1.54, 1.807) is 19.2 Å². The van der Waals surface area contributed by atoms with Gasteiger partial charge in [0.2, 0.25) is 0 Å². The van der Waals surface area contributed by atoms with Gasteiger partial charge in [0, 0.05) is 56.2 Å². The largest absolute Gasteiger partial charge is 0.493 e. The maximum absolute atomic E-state index is 13.6. The van der Waals surface area contributed by atoms with Gasteiger partial charge in [0.15, 0.2) is 11.5 Å². The number of piperidine rings is 1. The average Bonchev–Trinajstić information content (AvgIpc) is 2.91. The third-order valence-corrected chi connectivity index (χ3v) is 6.91. The molecule has 0 aliphatic carbocycles. The summed E-state index contributed by atoms with van der Waals surface area (Å²) >= 11 is 5.93. The molecule has 5 rings (SSSR count). The van der Waals surface area contributed by atoms with Crippen molar-refractivity contribution >= 4 is 40.0 Å². The third kappa shape index (κ3) is 5.65. The highest BCUT2D eigenvalue weighted by atomic mass is 35.5. The minimum Gasteiger partial charge on any atom is -0.493 e. The van der Waals surface area contributed by atoms with Gasteiger partial charge in [0.05, 0.1) is 30.4 Å². The Balaban J connectivity index is 1.30. The van der Waals surface area contributed by atoms with Crippen LogP contribution in [0, 0.1) is 5.82 Å². The molecule has 2 aromatic carbocycles. The Morgan fingerprint density at radius 3 is 2.68 bits per heavy atom. The summed E-state index contributed by atoms with van der Waals surface area (Å²) in [6.45, 7) is 5.03. The lowest BCUT2D eigenvalue weighted by molar-refractivity contribution is -0.0117. The fourth-order valence-electron chi connectivity index (χ4n) is 4.66. The highest BCUT2D eigenvalue weighted by molar-refractivity contribution is 6.31. The molecule has 3 aromatic rings. The topological polar surface area (TPSA) is 89.1 Å². The van der Waals surface area contributed by atoms with Crippen LogP contribution < -0.4 is 14.8 Å². The van der Waals surface area contributed by atoms with Gasteiger partial charge >= 0.3 is 6.03 Å². The molecule has 9 nitrogen and oxygen atoms in total. The lowest BCUT2D eigenvalue weighted by Gasteiger charge is -2.38. The van der Waals surface area contributed by atoms with E-state index in [1.807, 2.05) is 22.8 Å². The second-order valence-corrected chi connectivity index (χ2v) is 9.62. The number of hydrogen-bond acceptors (Lipinski definition) is 7. The van der Waals surface area contributed by atoms with Crippen molar-refractivity contribution in [2.75, 3.05) is 45.2 Å².